The molecule has 0 rings (SSSR count). The Morgan fingerprint density at radius 3 is 2.00 bits per heavy atom. The van der Waals surface area contributed by atoms with Crippen molar-refractivity contribution in [1.29, 1.82) is 0 Å². The Labute approximate surface area is 49.9 Å². The van der Waals surface area contributed by atoms with E-state index in [1.54, 1.807) is 0 Å². The van der Waals surface area contributed by atoms with Gasteiger partial charge in [0.25, 0.3) is 9.05 Å². The molecule has 0 aromatic heterocycles. The average molecular weight is 165 g/mol. The fraction of sp³-hybridized carbons (Fsp3) is 1.00. The number of alkyl halides is 2. The minimum Gasteiger partial charge on any atom is -0.247 e. The molecule has 1 unspecified atom stereocenters. The highest BCUT2D eigenvalue weighted by Crippen LogP contribution is 2.07. The largest absolute Gasteiger partial charge is 0.267 e. The molecule has 0 amide bonds. The molecule has 0 heterocycles. The van der Waals surface area contributed by atoms with Gasteiger partial charge in [-0.05, 0) is 0 Å². The lowest BCUT2D eigenvalue weighted by Gasteiger charge is -1.93. The van der Waals surface area contributed by atoms with E-state index in [9.17, 15) is 17.2 Å². The molecule has 8 heavy (non-hydrogen) atoms. The van der Waals surface area contributed by atoms with Crippen molar-refractivity contribution in [1.82, 2.24) is 0 Å². The maximum absolute atomic E-state index is 11.5. The van der Waals surface area contributed by atoms with Crippen molar-refractivity contribution in [2.24, 2.45) is 0 Å². The Bertz CT molecular complexity index is 153. The third-order valence-electron chi connectivity index (χ3n) is 0.427. The van der Waals surface area contributed by atoms with Crippen LogP contribution in [0.25, 0.3) is 0 Å². The van der Waals surface area contributed by atoms with Crippen LogP contribution in [0, 0.1) is 0 Å². The maximum Gasteiger partial charge on any atom is 0.267 e. The van der Waals surface area contributed by atoms with Gasteiger partial charge in [-0.25, -0.2) is 17.2 Å². The lowest BCUT2D eigenvalue weighted by Crippen LogP contribution is -2.11. The third-order valence-corrected chi connectivity index (χ3v) is 1.74. The first kappa shape index (κ1) is 8.10. The molecule has 0 bridgehead atoms. The number of hydrogen-bond donors (Lipinski definition) is 0. The summed E-state index contributed by atoms with van der Waals surface area (Å²) in [7, 11) is 0.0186. The summed E-state index contributed by atoms with van der Waals surface area (Å²) >= 11 is 0. The summed E-state index contributed by atoms with van der Waals surface area (Å²) in [5.41, 5.74) is -2.58. The monoisotopic (exact) mass is 164 g/mol. The molecule has 0 aromatic carbocycles. The van der Waals surface area contributed by atoms with Crippen molar-refractivity contribution < 1.29 is 17.2 Å². The Balaban J connectivity index is 4.04. The lowest BCUT2D eigenvalue weighted by molar-refractivity contribution is 0.334. The Morgan fingerprint density at radius 2 is 2.00 bits per heavy atom. The molecule has 0 spiro atoms. The van der Waals surface area contributed by atoms with Crippen molar-refractivity contribution in [3.8, 4) is 0 Å². The molecule has 6 heteroatoms. The van der Waals surface area contributed by atoms with E-state index in [0.717, 1.165) is 0 Å². The van der Waals surface area contributed by atoms with E-state index in [2.05, 4.69) is 10.7 Å². The fourth-order valence-corrected chi connectivity index (χ4v) is 0.369. The topological polar surface area (TPSA) is 34.1 Å². The molecule has 2 nitrogen and oxygen atoms in total. The van der Waals surface area contributed by atoms with E-state index < -0.39 is 21.2 Å². The molecule has 0 aliphatic carbocycles. The Morgan fingerprint density at radius 1 is 1.62 bits per heavy atom. The van der Waals surface area contributed by atoms with Crippen LogP contribution >= 0.6 is 10.7 Å². The van der Waals surface area contributed by atoms with Gasteiger partial charge < -0.3 is 0 Å². The van der Waals surface area contributed by atoms with Crippen LogP contribution in [-0.2, 0) is 9.05 Å². The Hall–Kier alpha value is 0.1000. The second-order valence-electron chi connectivity index (χ2n) is 1.04. The van der Waals surface area contributed by atoms with Gasteiger partial charge >= 0.3 is 0 Å². The predicted molar refractivity (Wildman–Crippen MR) is 25.6 cm³/mol. The number of halogens is 3. The quantitative estimate of drug-likeness (QED) is 0.567. The van der Waals surface area contributed by atoms with E-state index >= 15 is 0 Å². The van der Waals surface area contributed by atoms with Gasteiger partial charge in [0.2, 0.25) is 5.50 Å². The van der Waals surface area contributed by atoms with Gasteiger partial charge in [-0.1, -0.05) is 0 Å². The predicted octanol–water partition coefficient (Wildman–Crippen LogP) is 0.820. The first-order chi connectivity index (χ1) is 3.48. The summed E-state index contributed by atoms with van der Waals surface area (Å²) in [4.78, 5) is 0. The summed E-state index contributed by atoms with van der Waals surface area (Å²) < 4.78 is 42.0. The molecule has 0 saturated carbocycles. The van der Waals surface area contributed by atoms with Gasteiger partial charge in [-0.2, -0.15) is 0 Å². The summed E-state index contributed by atoms with van der Waals surface area (Å²) in [5.74, 6) is 0. The van der Waals surface area contributed by atoms with Crippen LogP contribution in [0.1, 0.15) is 0 Å². The van der Waals surface area contributed by atoms with E-state index in [0.29, 0.717) is 0 Å². The van der Waals surface area contributed by atoms with Gasteiger partial charge in [0.05, 0.1) is 0 Å². The van der Waals surface area contributed by atoms with Crippen LogP contribution in [0.3, 0.4) is 0 Å². The number of rotatable bonds is 2. The second-order valence-corrected chi connectivity index (χ2v) is 3.79. The molecule has 0 radical (unpaired) electrons. The molecular weight excluding hydrogens is 162 g/mol. The standard InChI is InChI=1S/C2H3ClF2O2S/c3-8(6,7)2(5)1-4/h2H,1H2. The van der Waals surface area contributed by atoms with Crippen LogP contribution in [-0.4, -0.2) is 20.6 Å². The molecule has 0 fully saturated rings. The van der Waals surface area contributed by atoms with Crippen LogP contribution in [0.15, 0.2) is 0 Å². The van der Waals surface area contributed by atoms with E-state index in [1.807, 2.05) is 0 Å². The molecule has 0 aromatic rings. The normalized spacial score (nSPS) is 15.9. The third kappa shape index (κ3) is 2.42. The summed E-state index contributed by atoms with van der Waals surface area (Å²) in [6.45, 7) is -1.59. The number of hydrogen-bond acceptors (Lipinski definition) is 2. The zero-order chi connectivity index (χ0) is 6.78. The van der Waals surface area contributed by atoms with E-state index in [4.69, 9.17) is 0 Å². The fourth-order valence-electron chi connectivity index (χ4n) is 0.0752. The van der Waals surface area contributed by atoms with Gasteiger partial charge in [0.15, 0.2) is 0 Å². The first-order valence-electron chi connectivity index (χ1n) is 1.62. The molecule has 50 valence electrons. The van der Waals surface area contributed by atoms with E-state index in [1.165, 1.54) is 0 Å². The summed E-state index contributed by atoms with van der Waals surface area (Å²) in [5, 5.41) is 0. The summed E-state index contributed by atoms with van der Waals surface area (Å²) in [6, 6.07) is 0. The van der Waals surface area contributed by atoms with Crippen LogP contribution < -0.4 is 0 Å². The zero-order valence-corrected chi connectivity index (χ0v) is 5.22. The summed E-state index contributed by atoms with van der Waals surface area (Å²) in [6.07, 6.45) is 0. The zero-order valence-electron chi connectivity index (χ0n) is 3.64. The lowest BCUT2D eigenvalue weighted by atomic mass is 10.9. The van der Waals surface area contributed by atoms with Gasteiger partial charge in [0.1, 0.15) is 6.67 Å². The SMILES string of the molecule is O=S(=O)(Cl)C(F)CF. The van der Waals surface area contributed by atoms with Crippen molar-refractivity contribution in [2.75, 3.05) is 6.67 Å². The molecule has 0 aliphatic heterocycles. The van der Waals surface area contributed by atoms with Crippen molar-refractivity contribution in [3.63, 3.8) is 0 Å². The van der Waals surface area contributed by atoms with Gasteiger partial charge in [-0.3, -0.25) is 0 Å². The molecule has 0 N–H and O–H groups in total. The van der Waals surface area contributed by atoms with E-state index in [-0.39, 0.29) is 0 Å². The van der Waals surface area contributed by atoms with Crippen molar-refractivity contribution in [2.45, 2.75) is 5.50 Å². The second kappa shape index (κ2) is 2.59. The smallest absolute Gasteiger partial charge is 0.247 e. The highest BCUT2D eigenvalue weighted by atomic mass is 35.7. The average Bonchev–Trinajstić information content (AvgIpc) is 1.62. The molecule has 0 aliphatic rings. The van der Waals surface area contributed by atoms with Gasteiger partial charge in [-0.15, -0.1) is 0 Å². The maximum atomic E-state index is 11.5. The Kier molecular flexibility index (Phi) is 2.62. The molecular formula is C2H3ClF2O2S. The first-order valence-corrected chi connectivity index (χ1v) is 3.99. The highest BCUT2D eigenvalue weighted by Gasteiger charge is 2.20. The van der Waals surface area contributed by atoms with Crippen molar-refractivity contribution >= 4 is 19.7 Å². The van der Waals surface area contributed by atoms with Crippen LogP contribution in [0.2, 0.25) is 0 Å². The highest BCUT2D eigenvalue weighted by molar-refractivity contribution is 8.14. The van der Waals surface area contributed by atoms with Crippen molar-refractivity contribution in [3.05, 3.63) is 0 Å². The minimum atomic E-state index is -4.32. The van der Waals surface area contributed by atoms with Gasteiger partial charge in [0, 0.05) is 10.7 Å². The molecule has 1 atom stereocenters. The van der Waals surface area contributed by atoms with Crippen LogP contribution in [0.5, 0.6) is 0 Å². The molecule has 0 saturated heterocycles. The minimum absolute atomic E-state index is 1.59. The van der Waals surface area contributed by atoms with Crippen LogP contribution in [0.4, 0.5) is 8.78 Å².